The molecular formula is C32H36F3N7O4. The van der Waals surface area contributed by atoms with Crippen molar-refractivity contribution in [1.82, 2.24) is 25.1 Å². The maximum absolute atomic E-state index is 13.9. The highest BCUT2D eigenvalue weighted by atomic mass is 19.4. The molecule has 0 amide bonds. The van der Waals surface area contributed by atoms with Crippen LogP contribution in [0.1, 0.15) is 22.3 Å². The van der Waals surface area contributed by atoms with Gasteiger partial charge in [0.25, 0.3) is 0 Å². The summed E-state index contributed by atoms with van der Waals surface area (Å²) in [5.74, 6) is 1.22. The van der Waals surface area contributed by atoms with Gasteiger partial charge in [-0.3, -0.25) is 14.8 Å². The number of halogens is 3. The van der Waals surface area contributed by atoms with Crippen LogP contribution in [0.4, 0.5) is 24.8 Å². The summed E-state index contributed by atoms with van der Waals surface area (Å²) in [6, 6.07) is 11.3. The fourth-order valence-electron chi connectivity index (χ4n) is 5.65. The Balaban J connectivity index is 1.09. The van der Waals surface area contributed by atoms with E-state index in [1.54, 1.807) is 18.2 Å². The number of aromatic nitrogens is 4. The number of nitrogens with zero attached hydrogens (tertiary/aromatic N) is 5. The summed E-state index contributed by atoms with van der Waals surface area (Å²) in [7, 11) is 0. The van der Waals surface area contributed by atoms with Crippen LogP contribution >= 0.6 is 0 Å². The lowest BCUT2D eigenvalue weighted by atomic mass is 9.98. The summed E-state index contributed by atoms with van der Waals surface area (Å²) in [6.45, 7) is 6.17. The van der Waals surface area contributed by atoms with Crippen molar-refractivity contribution < 1.29 is 32.2 Å². The summed E-state index contributed by atoms with van der Waals surface area (Å²) in [6.07, 6.45) is -4.61. The zero-order chi connectivity index (χ0) is 32.1. The number of aromatic amines is 1. The predicted octanol–water partition coefficient (Wildman–Crippen LogP) is 3.66. The van der Waals surface area contributed by atoms with Crippen molar-refractivity contribution in [3.05, 3.63) is 64.7 Å². The number of alkyl halides is 3. The number of anilines is 2. The maximum atomic E-state index is 13.9. The molecule has 2 aromatic heterocycles. The number of Topliss-reactive ketones (excluding diaryl/α,β-unsaturated/α-hetero) is 1. The number of hydrogen-bond donors (Lipinski definition) is 2. The van der Waals surface area contributed by atoms with Crippen LogP contribution in [0.3, 0.4) is 0 Å². The van der Waals surface area contributed by atoms with Crippen LogP contribution in [0.2, 0.25) is 0 Å². The molecule has 0 bridgehead atoms. The number of nitrogen functional groups attached to an aromatic ring is 1. The van der Waals surface area contributed by atoms with Crippen LogP contribution in [0, 0.1) is 0 Å². The molecule has 2 saturated heterocycles. The Morgan fingerprint density at radius 2 is 1.61 bits per heavy atom. The quantitative estimate of drug-likeness (QED) is 0.235. The first-order valence-corrected chi connectivity index (χ1v) is 15.3. The van der Waals surface area contributed by atoms with Crippen molar-refractivity contribution in [2.75, 3.05) is 76.4 Å². The second-order valence-electron chi connectivity index (χ2n) is 11.4. The normalized spacial score (nSPS) is 16.3. The molecule has 3 N–H and O–H groups in total. The van der Waals surface area contributed by atoms with E-state index in [9.17, 15) is 18.0 Å². The number of nitrogens with one attached hydrogen (secondary N) is 1. The van der Waals surface area contributed by atoms with Crippen molar-refractivity contribution in [3.63, 3.8) is 0 Å². The Kier molecular flexibility index (Phi) is 9.78. The van der Waals surface area contributed by atoms with Gasteiger partial charge in [-0.15, -0.1) is 0 Å². The summed E-state index contributed by atoms with van der Waals surface area (Å²) in [4.78, 5) is 26.6. The number of H-pyrrole nitrogens is 1. The van der Waals surface area contributed by atoms with Crippen molar-refractivity contribution >= 4 is 28.5 Å². The lowest BCUT2D eigenvalue weighted by molar-refractivity contribution is -0.139. The second kappa shape index (κ2) is 14.1. The molecule has 11 nitrogen and oxygen atoms in total. The minimum absolute atomic E-state index is 0.0515. The number of nitrogens with two attached hydrogens (primary N) is 1. The number of fused-ring (bicyclic) bond motifs is 1. The first-order chi connectivity index (χ1) is 22.2. The topological polar surface area (TPSA) is 132 Å². The van der Waals surface area contributed by atoms with Crippen LogP contribution in [-0.4, -0.2) is 96.6 Å². The molecule has 0 aliphatic carbocycles. The lowest BCUT2D eigenvalue weighted by Crippen LogP contribution is -2.38. The molecule has 14 heteroatoms. The minimum Gasteiger partial charge on any atom is -0.380 e. The fourth-order valence-corrected chi connectivity index (χ4v) is 5.65. The van der Waals surface area contributed by atoms with Gasteiger partial charge in [0.1, 0.15) is 16.8 Å². The van der Waals surface area contributed by atoms with Gasteiger partial charge >= 0.3 is 6.18 Å². The van der Waals surface area contributed by atoms with E-state index in [4.69, 9.17) is 24.9 Å². The lowest BCUT2D eigenvalue weighted by Gasteiger charge is -2.28. The molecule has 0 radical (unpaired) electrons. The van der Waals surface area contributed by atoms with E-state index >= 15 is 0 Å². The number of morpholine rings is 2. The first-order valence-electron chi connectivity index (χ1n) is 15.3. The summed E-state index contributed by atoms with van der Waals surface area (Å²) in [5, 5.41) is 7.03. The molecule has 6 rings (SSSR count). The van der Waals surface area contributed by atoms with Gasteiger partial charge in [0, 0.05) is 51.1 Å². The van der Waals surface area contributed by atoms with E-state index in [0.29, 0.717) is 80.9 Å². The number of benzene rings is 2. The molecule has 0 atom stereocenters. The minimum atomic E-state index is -4.56. The van der Waals surface area contributed by atoms with Crippen LogP contribution in [-0.2, 0) is 44.6 Å². The predicted molar refractivity (Wildman–Crippen MR) is 165 cm³/mol. The number of hydrogen-bond acceptors (Lipinski definition) is 10. The molecule has 2 aliphatic rings. The molecule has 2 fully saturated rings. The summed E-state index contributed by atoms with van der Waals surface area (Å²) >= 11 is 0. The Morgan fingerprint density at radius 1 is 0.935 bits per heavy atom. The van der Waals surface area contributed by atoms with E-state index in [1.807, 2.05) is 12.1 Å². The number of ether oxygens (including phenoxy) is 3. The molecule has 2 aromatic carbocycles. The van der Waals surface area contributed by atoms with Crippen molar-refractivity contribution in [2.45, 2.75) is 25.6 Å². The highest BCUT2D eigenvalue weighted by molar-refractivity contribution is 5.94. The van der Waals surface area contributed by atoms with Crippen LogP contribution in [0.25, 0.3) is 22.4 Å². The van der Waals surface area contributed by atoms with Crippen molar-refractivity contribution in [2.24, 2.45) is 0 Å². The van der Waals surface area contributed by atoms with Crippen LogP contribution in [0.15, 0.2) is 42.5 Å². The number of carbonyl (C=O) groups is 1. The Labute approximate surface area is 263 Å². The SMILES string of the molecule is Nc1n[nH]c2c(N3CCOCC3)nc(-c3ccc(CC(=O)Cc4ccc(COCCN5CCOCC5)c(C(F)(F)F)c4)cc3)nc12. The second-order valence-corrected chi connectivity index (χ2v) is 11.4. The first kappa shape index (κ1) is 31.9. The van der Waals surface area contributed by atoms with Gasteiger partial charge in [-0.1, -0.05) is 36.4 Å². The third kappa shape index (κ3) is 7.64. The van der Waals surface area contributed by atoms with E-state index in [0.717, 1.165) is 30.3 Å². The maximum Gasteiger partial charge on any atom is 0.416 e. The van der Waals surface area contributed by atoms with Gasteiger partial charge in [0.15, 0.2) is 17.5 Å². The largest absolute Gasteiger partial charge is 0.416 e. The zero-order valence-electron chi connectivity index (χ0n) is 25.3. The average molecular weight is 640 g/mol. The average Bonchev–Trinajstić information content (AvgIpc) is 3.44. The molecule has 2 aliphatic heterocycles. The van der Waals surface area contributed by atoms with Crippen LogP contribution < -0.4 is 10.6 Å². The molecule has 244 valence electrons. The Hall–Kier alpha value is -4.11. The molecule has 0 saturated carbocycles. The van der Waals surface area contributed by atoms with Gasteiger partial charge < -0.3 is 24.8 Å². The third-order valence-electron chi connectivity index (χ3n) is 8.14. The molecular weight excluding hydrogens is 603 g/mol. The number of carbonyl (C=O) groups excluding carboxylic acids is 1. The van der Waals surface area contributed by atoms with Crippen molar-refractivity contribution in [3.8, 4) is 11.4 Å². The Bertz CT molecular complexity index is 1650. The molecule has 4 heterocycles. The standard InChI is InChI=1S/C32H36F3N7O4/c33-32(34,35)26-19-22(3-6-24(26)20-46-14-9-41-7-12-44-13-8-41)18-25(43)17-21-1-4-23(5-2-21)30-37-27-28(39-40-29(27)36)31(38-30)42-10-15-45-16-11-42/h1-6,19H,7-18,20H2,(H3,36,39,40). The molecule has 0 spiro atoms. The van der Waals surface area contributed by atoms with E-state index in [1.165, 1.54) is 6.07 Å². The van der Waals surface area contributed by atoms with Gasteiger partial charge in [0.2, 0.25) is 0 Å². The van der Waals surface area contributed by atoms with E-state index in [2.05, 4.69) is 25.0 Å². The van der Waals surface area contributed by atoms with Crippen LogP contribution in [0.5, 0.6) is 0 Å². The van der Waals surface area contributed by atoms with Gasteiger partial charge in [0.05, 0.1) is 45.2 Å². The molecule has 46 heavy (non-hydrogen) atoms. The Morgan fingerprint density at radius 3 is 2.33 bits per heavy atom. The smallest absolute Gasteiger partial charge is 0.380 e. The van der Waals surface area contributed by atoms with E-state index in [-0.39, 0.29) is 36.6 Å². The monoisotopic (exact) mass is 639 g/mol. The summed E-state index contributed by atoms with van der Waals surface area (Å²) in [5.41, 5.74) is 8.29. The zero-order valence-corrected chi connectivity index (χ0v) is 25.3. The highest BCUT2D eigenvalue weighted by Crippen LogP contribution is 2.34. The van der Waals surface area contributed by atoms with Gasteiger partial charge in [-0.05, 0) is 22.8 Å². The fraction of sp³-hybridized carbons (Fsp3) is 0.438. The summed E-state index contributed by atoms with van der Waals surface area (Å²) < 4.78 is 58.1. The molecule has 0 unspecified atom stereocenters. The van der Waals surface area contributed by atoms with Gasteiger partial charge in [-0.25, -0.2) is 9.97 Å². The third-order valence-corrected chi connectivity index (χ3v) is 8.14. The number of ketones is 1. The highest BCUT2D eigenvalue weighted by Gasteiger charge is 2.33. The molecule has 4 aromatic rings. The van der Waals surface area contributed by atoms with Crippen molar-refractivity contribution in [1.29, 1.82) is 0 Å². The van der Waals surface area contributed by atoms with E-state index < -0.39 is 11.7 Å². The van der Waals surface area contributed by atoms with Gasteiger partial charge in [-0.2, -0.15) is 18.3 Å². The number of rotatable bonds is 11.